The molecule has 0 atom stereocenters. The summed E-state index contributed by atoms with van der Waals surface area (Å²) in [4.78, 5) is 2.34. The van der Waals surface area contributed by atoms with E-state index < -0.39 is 0 Å². The summed E-state index contributed by atoms with van der Waals surface area (Å²) in [6.07, 6.45) is 19.3. The van der Waals surface area contributed by atoms with Gasteiger partial charge < -0.3 is 4.90 Å². The van der Waals surface area contributed by atoms with Gasteiger partial charge in [-0.2, -0.15) is 0 Å². The first-order chi connectivity index (χ1) is 25.3. The summed E-state index contributed by atoms with van der Waals surface area (Å²) < 4.78 is 0. The molecule has 0 aliphatic rings. The minimum absolute atomic E-state index is 1.08. The highest BCUT2D eigenvalue weighted by Crippen LogP contribution is 2.37. The molecule has 0 radical (unpaired) electrons. The molecule has 0 amide bonds. The lowest BCUT2D eigenvalue weighted by molar-refractivity contribution is 1.29. The van der Waals surface area contributed by atoms with Crippen LogP contribution in [0.1, 0.15) is 33.4 Å². The van der Waals surface area contributed by atoms with Gasteiger partial charge in [-0.3, -0.25) is 0 Å². The van der Waals surface area contributed by atoms with Gasteiger partial charge in [0.1, 0.15) is 0 Å². The quantitative estimate of drug-likeness (QED) is 0.126. The van der Waals surface area contributed by atoms with Crippen LogP contribution in [-0.4, -0.2) is 0 Å². The van der Waals surface area contributed by atoms with Crippen LogP contribution in [0, 0.1) is 0 Å². The average Bonchev–Trinajstić information content (AvgIpc) is 3.20. The third-order valence-corrected chi connectivity index (χ3v) is 8.76. The molecule has 0 saturated carbocycles. The van der Waals surface area contributed by atoms with E-state index in [-0.39, 0.29) is 0 Å². The van der Waals surface area contributed by atoms with Crippen molar-refractivity contribution < 1.29 is 0 Å². The molecule has 1 nitrogen and oxygen atoms in total. The van der Waals surface area contributed by atoms with Gasteiger partial charge in [-0.15, -0.1) is 0 Å². The standard InChI is InChI=1S/C50H39N/c1-5-19-40(20-6-1)23-13-14-25-42-33-36-46(37-34-42)51(39-49(43-26-9-3-10-27-43)44-28-11-4-12-29-44)50-38-35-45(47-31-17-18-32-48(47)50)30-16-15-24-41-21-7-2-8-22-41/h1-39H. The fourth-order valence-corrected chi connectivity index (χ4v) is 6.16. The van der Waals surface area contributed by atoms with Gasteiger partial charge in [0.15, 0.2) is 0 Å². The topological polar surface area (TPSA) is 3.24 Å². The number of benzene rings is 7. The van der Waals surface area contributed by atoms with Crippen molar-refractivity contribution in [2.75, 3.05) is 4.90 Å². The Kier molecular flexibility index (Phi) is 10.7. The predicted molar refractivity (Wildman–Crippen MR) is 222 cm³/mol. The molecule has 0 aromatic heterocycles. The molecule has 7 aromatic carbocycles. The lowest BCUT2D eigenvalue weighted by Gasteiger charge is -2.25. The molecule has 7 rings (SSSR count). The summed E-state index contributed by atoms with van der Waals surface area (Å²) in [5, 5.41) is 2.38. The SMILES string of the molecule is C(C=Cc1ccc(N(C=C(c2ccccc2)c2ccccc2)c2ccc(C=CC=Cc3ccccc3)c3ccccc23)cc1)=Cc1ccccc1. The van der Waals surface area contributed by atoms with Crippen molar-refractivity contribution >= 4 is 52.0 Å². The van der Waals surface area contributed by atoms with Crippen LogP contribution < -0.4 is 4.90 Å². The van der Waals surface area contributed by atoms with E-state index >= 15 is 0 Å². The summed E-state index contributed by atoms with van der Waals surface area (Å²) >= 11 is 0. The van der Waals surface area contributed by atoms with Crippen molar-refractivity contribution in [1.29, 1.82) is 0 Å². The van der Waals surface area contributed by atoms with Crippen LogP contribution in [0.3, 0.4) is 0 Å². The minimum atomic E-state index is 1.08. The predicted octanol–water partition coefficient (Wildman–Crippen LogP) is 13.5. The van der Waals surface area contributed by atoms with E-state index in [1.165, 1.54) is 27.5 Å². The Morgan fingerprint density at radius 3 is 1.31 bits per heavy atom. The molecule has 0 spiro atoms. The number of rotatable bonds is 11. The fourth-order valence-electron chi connectivity index (χ4n) is 6.16. The molecule has 7 aromatic rings. The van der Waals surface area contributed by atoms with Gasteiger partial charge in [0.25, 0.3) is 0 Å². The van der Waals surface area contributed by atoms with E-state index in [1.54, 1.807) is 0 Å². The normalized spacial score (nSPS) is 11.6. The second kappa shape index (κ2) is 16.6. The summed E-state index contributed by atoms with van der Waals surface area (Å²) in [5.41, 5.74) is 10.3. The lowest BCUT2D eigenvalue weighted by atomic mass is 9.97. The van der Waals surface area contributed by atoms with Gasteiger partial charge in [0, 0.05) is 22.8 Å². The average molecular weight is 654 g/mol. The van der Waals surface area contributed by atoms with Gasteiger partial charge in [-0.1, -0.05) is 212 Å². The molecule has 0 bridgehead atoms. The summed E-state index contributed by atoms with van der Waals surface area (Å²) in [7, 11) is 0. The van der Waals surface area contributed by atoms with Gasteiger partial charge in [-0.25, -0.2) is 0 Å². The van der Waals surface area contributed by atoms with Gasteiger partial charge in [0.05, 0.1) is 5.69 Å². The second-order valence-electron chi connectivity index (χ2n) is 12.2. The molecule has 0 unspecified atom stereocenters. The van der Waals surface area contributed by atoms with E-state index in [1.807, 2.05) is 12.1 Å². The Morgan fingerprint density at radius 1 is 0.353 bits per heavy atom. The number of allylic oxidation sites excluding steroid dienone is 4. The highest BCUT2D eigenvalue weighted by molar-refractivity contribution is 6.02. The number of nitrogens with zero attached hydrogens (tertiary/aromatic N) is 1. The molecule has 0 N–H and O–H groups in total. The van der Waals surface area contributed by atoms with E-state index in [2.05, 4.69) is 230 Å². The molecule has 51 heavy (non-hydrogen) atoms. The third kappa shape index (κ3) is 8.48. The highest BCUT2D eigenvalue weighted by atomic mass is 15.1. The largest absolute Gasteiger partial charge is 0.316 e. The molecule has 0 aliphatic heterocycles. The molecule has 244 valence electrons. The van der Waals surface area contributed by atoms with Crippen LogP contribution in [0.15, 0.2) is 212 Å². The van der Waals surface area contributed by atoms with E-state index in [0.717, 1.165) is 33.6 Å². The lowest BCUT2D eigenvalue weighted by Crippen LogP contribution is -2.11. The number of hydrogen-bond acceptors (Lipinski definition) is 1. The first-order valence-electron chi connectivity index (χ1n) is 17.4. The van der Waals surface area contributed by atoms with E-state index in [9.17, 15) is 0 Å². The summed E-state index contributed by atoms with van der Waals surface area (Å²) in [6, 6.07) is 64.0. The van der Waals surface area contributed by atoms with Crippen molar-refractivity contribution in [3.63, 3.8) is 0 Å². The molecule has 0 aliphatic carbocycles. The molecule has 0 fully saturated rings. The molecule has 0 saturated heterocycles. The first kappa shape index (κ1) is 32.8. The van der Waals surface area contributed by atoms with Crippen LogP contribution in [0.5, 0.6) is 0 Å². The second-order valence-corrected chi connectivity index (χ2v) is 12.2. The Bertz CT molecular complexity index is 2270. The first-order valence-corrected chi connectivity index (χ1v) is 17.4. The van der Waals surface area contributed by atoms with Crippen molar-refractivity contribution in [1.82, 2.24) is 0 Å². The number of fused-ring (bicyclic) bond motifs is 1. The monoisotopic (exact) mass is 653 g/mol. The van der Waals surface area contributed by atoms with Gasteiger partial charge in [-0.05, 0) is 57.0 Å². The molecular weight excluding hydrogens is 615 g/mol. The van der Waals surface area contributed by atoms with Crippen LogP contribution in [0.2, 0.25) is 0 Å². The van der Waals surface area contributed by atoms with Gasteiger partial charge >= 0.3 is 0 Å². The van der Waals surface area contributed by atoms with E-state index in [0.29, 0.717) is 0 Å². The maximum Gasteiger partial charge on any atom is 0.0534 e. The minimum Gasteiger partial charge on any atom is -0.316 e. The zero-order valence-corrected chi connectivity index (χ0v) is 28.5. The Labute approximate surface area is 301 Å². The van der Waals surface area contributed by atoms with Crippen LogP contribution in [0.25, 0.3) is 40.6 Å². The third-order valence-electron chi connectivity index (χ3n) is 8.76. The maximum absolute atomic E-state index is 2.34. The molecule has 1 heteroatoms. The van der Waals surface area contributed by atoms with Crippen LogP contribution in [0.4, 0.5) is 11.4 Å². The van der Waals surface area contributed by atoms with Crippen LogP contribution >= 0.6 is 0 Å². The Hall–Kier alpha value is -6.70. The van der Waals surface area contributed by atoms with Crippen LogP contribution in [-0.2, 0) is 0 Å². The Balaban J connectivity index is 1.29. The highest BCUT2D eigenvalue weighted by Gasteiger charge is 2.15. The van der Waals surface area contributed by atoms with E-state index in [4.69, 9.17) is 0 Å². The van der Waals surface area contributed by atoms with Crippen molar-refractivity contribution in [2.24, 2.45) is 0 Å². The summed E-state index contributed by atoms with van der Waals surface area (Å²) in [6.45, 7) is 0. The fraction of sp³-hybridized carbons (Fsp3) is 0. The smallest absolute Gasteiger partial charge is 0.0534 e. The molecular formula is C50H39N. The van der Waals surface area contributed by atoms with Crippen molar-refractivity contribution in [3.05, 3.63) is 246 Å². The molecule has 0 heterocycles. The summed E-state index contributed by atoms with van der Waals surface area (Å²) in [5.74, 6) is 0. The van der Waals surface area contributed by atoms with Gasteiger partial charge in [0.2, 0.25) is 0 Å². The van der Waals surface area contributed by atoms with Crippen molar-refractivity contribution in [3.8, 4) is 0 Å². The maximum atomic E-state index is 2.34. The number of hydrogen-bond donors (Lipinski definition) is 0. The van der Waals surface area contributed by atoms with Crippen molar-refractivity contribution in [2.45, 2.75) is 0 Å². The zero-order valence-electron chi connectivity index (χ0n) is 28.5. The number of anilines is 2. The Morgan fingerprint density at radius 2 is 0.784 bits per heavy atom. The zero-order chi connectivity index (χ0) is 34.5.